The third-order valence-electron chi connectivity index (χ3n) is 4.85. The van der Waals surface area contributed by atoms with Crippen LogP contribution in [0.25, 0.3) is 0 Å². The van der Waals surface area contributed by atoms with Gasteiger partial charge in [0.05, 0.1) is 5.92 Å². The van der Waals surface area contributed by atoms with Crippen LogP contribution in [0.3, 0.4) is 0 Å². The molecule has 6 nitrogen and oxygen atoms in total. The van der Waals surface area contributed by atoms with E-state index in [1.165, 1.54) is 0 Å². The van der Waals surface area contributed by atoms with Gasteiger partial charge in [0.15, 0.2) is 0 Å². The smallest absolute Gasteiger partial charge is 0.410 e. The van der Waals surface area contributed by atoms with Crippen molar-refractivity contribution in [1.82, 2.24) is 15.1 Å². The van der Waals surface area contributed by atoms with E-state index in [0.29, 0.717) is 19.6 Å². The summed E-state index contributed by atoms with van der Waals surface area (Å²) in [5.41, 5.74) is 0.611. The zero-order valence-electron chi connectivity index (χ0n) is 17.7. The van der Waals surface area contributed by atoms with E-state index >= 15 is 0 Å². The molecule has 1 aromatic rings. The predicted octanol–water partition coefficient (Wildman–Crippen LogP) is 3.24. The number of piperazine rings is 1. The lowest BCUT2D eigenvalue weighted by Gasteiger charge is -2.35. The molecule has 0 aliphatic carbocycles. The second-order valence-electron chi connectivity index (χ2n) is 8.35. The van der Waals surface area contributed by atoms with Crippen molar-refractivity contribution in [3.63, 3.8) is 0 Å². The fourth-order valence-corrected chi connectivity index (χ4v) is 3.36. The number of carbonyl (C=O) groups is 2. The summed E-state index contributed by atoms with van der Waals surface area (Å²) in [5.74, 6) is 0.00987. The van der Waals surface area contributed by atoms with Gasteiger partial charge in [-0.25, -0.2) is 4.79 Å². The van der Waals surface area contributed by atoms with Gasteiger partial charge in [-0.1, -0.05) is 43.7 Å². The Kier molecular flexibility index (Phi) is 8.30. The highest BCUT2D eigenvalue weighted by atomic mass is 16.6. The van der Waals surface area contributed by atoms with Crippen LogP contribution >= 0.6 is 0 Å². The Bertz CT molecular complexity index is 620. The van der Waals surface area contributed by atoms with Gasteiger partial charge < -0.3 is 15.0 Å². The summed E-state index contributed by atoms with van der Waals surface area (Å²) in [5, 5.41) is 3.09. The standard InChI is InChI=1S/C22H35N3O3/c1-5-9-19(18-10-7-6-8-11-18)20(26)23-12-13-24-14-16-25(17-15-24)21(27)28-22(2,3)4/h6-8,10-11,19H,5,9,12-17H2,1-4H3,(H,23,26). The second-order valence-corrected chi connectivity index (χ2v) is 8.35. The number of carbonyl (C=O) groups excluding carboxylic acids is 2. The van der Waals surface area contributed by atoms with Crippen molar-refractivity contribution in [3.05, 3.63) is 35.9 Å². The van der Waals surface area contributed by atoms with Crippen LogP contribution in [0.4, 0.5) is 4.79 Å². The number of nitrogens with one attached hydrogen (secondary N) is 1. The monoisotopic (exact) mass is 389 g/mol. The Morgan fingerprint density at radius 3 is 2.32 bits per heavy atom. The van der Waals surface area contributed by atoms with Crippen LogP contribution in [0.2, 0.25) is 0 Å². The van der Waals surface area contributed by atoms with Crippen molar-refractivity contribution in [1.29, 1.82) is 0 Å². The largest absolute Gasteiger partial charge is 0.444 e. The van der Waals surface area contributed by atoms with Gasteiger partial charge in [0.2, 0.25) is 5.91 Å². The fraction of sp³-hybridized carbons (Fsp3) is 0.636. The van der Waals surface area contributed by atoms with Gasteiger partial charge in [0.1, 0.15) is 5.60 Å². The number of hydrogen-bond acceptors (Lipinski definition) is 4. The molecular weight excluding hydrogens is 354 g/mol. The van der Waals surface area contributed by atoms with Crippen molar-refractivity contribution in [2.75, 3.05) is 39.3 Å². The predicted molar refractivity (Wildman–Crippen MR) is 111 cm³/mol. The van der Waals surface area contributed by atoms with Crippen LogP contribution < -0.4 is 5.32 Å². The summed E-state index contributed by atoms with van der Waals surface area (Å²) >= 11 is 0. The second kappa shape index (κ2) is 10.5. The molecule has 0 saturated carbocycles. The quantitative estimate of drug-likeness (QED) is 0.778. The molecule has 1 N–H and O–H groups in total. The summed E-state index contributed by atoms with van der Waals surface area (Å²) < 4.78 is 5.43. The third kappa shape index (κ3) is 7.15. The SMILES string of the molecule is CCCC(C(=O)NCCN1CCN(C(=O)OC(C)(C)C)CC1)c1ccccc1. The van der Waals surface area contributed by atoms with E-state index < -0.39 is 5.60 Å². The maximum absolute atomic E-state index is 12.7. The summed E-state index contributed by atoms with van der Waals surface area (Å²) in [6.45, 7) is 12.1. The lowest BCUT2D eigenvalue weighted by Crippen LogP contribution is -2.51. The lowest BCUT2D eigenvalue weighted by molar-refractivity contribution is -0.122. The topological polar surface area (TPSA) is 61.9 Å². The van der Waals surface area contributed by atoms with E-state index in [1.54, 1.807) is 4.90 Å². The van der Waals surface area contributed by atoms with Crippen molar-refractivity contribution < 1.29 is 14.3 Å². The molecule has 1 fully saturated rings. The minimum Gasteiger partial charge on any atom is -0.444 e. The molecule has 1 heterocycles. The number of amides is 2. The molecule has 1 saturated heterocycles. The average Bonchev–Trinajstić information content (AvgIpc) is 2.66. The van der Waals surface area contributed by atoms with Crippen molar-refractivity contribution in [2.45, 2.75) is 52.1 Å². The van der Waals surface area contributed by atoms with Crippen molar-refractivity contribution >= 4 is 12.0 Å². The van der Waals surface area contributed by atoms with E-state index in [1.807, 2.05) is 51.1 Å². The molecular formula is C22H35N3O3. The van der Waals surface area contributed by atoms with E-state index in [0.717, 1.165) is 38.0 Å². The number of nitrogens with zero attached hydrogens (tertiary/aromatic N) is 2. The van der Waals surface area contributed by atoms with Crippen LogP contribution in [-0.2, 0) is 9.53 Å². The molecule has 1 aliphatic heterocycles. The van der Waals surface area contributed by atoms with Gasteiger partial charge in [-0.15, -0.1) is 0 Å². The highest BCUT2D eigenvalue weighted by Crippen LogP contribution is 2.21. The van der Waals surface area contributed by atoms with Crippen LogP contribution in [0.1, 0.15) is 52.0 Å². The average molecular weight is 390 g/mol. The van der Waals surface area contributed by atoms with Gasteiger partial charge >= 0.3 is 6.09 Å². The molecule has 0 bridgehead atoms. The Morgan fingerprint density at radius 1 is 1.11 bits per heavy atom. The Morgan fingerprint density at radius 2 is 1.75 bits per heavy atom. The van der Waals surface area contributed by atoms with Crippen LogP contribution in [0, 0.1) is 0 Å². The van der Waals surface area contributed by atoms with E-state index in [-0.39, 0.29) is 17.9 Å². The third-order valence-corrected chi connectivity index (χ3v) is 4.85. The van der Waals surface area contributed by atoms with Crippen molar-refractivity contribution in [3.8, 4) is 0 Å². The van der Waals surface area contributed by atoms with E-state index in [2.05, 4.69) is 17.1 Å². The number of hydrogen-bond donors (Lipinski definition) is 1. The van der Waals surface area contributed by atoms with Crippen LogP contribution in [-0.4, -0.2) is 66.7 Å². The molecule has 1 unspecified atom stereocenters. The Balaban J connectivity index is 1.73. The molecule has 0 spiro atoms. The van der Waals surface area contributed by atoms with Crippen LogP contribution in [0.5, 0.6) is 0 Å². The first-order chi connectivity index (χ1) is 13.3. The minimum absolute atomic E-state index is 0.0878. The summed E-state index contributed by atoms with van der Waals surface area (Å²) in [6, 6.07) is 9.98. The van der Waals surface area contributed by atoms with Gasteiger partial charge in [-0.2, -0.15) is 0 Å². The number of rotatable bonds is 7. The number of benzene rings is 1. The molecule has 6 heteroatoms. The summed E-state index contributed by atoms with van der Waals surface area (Å²) in [7, 11) is 0. The first-order valence-electron chi connectivity index (χ1n) is 10.3. The zero-order chi connectivity index (χ0) is 20.6. The first kappa shape index (κ1) is 22.2. The lowest BCUT2D eigenvalue weighted by atomic mass is 9.94. The minimum atomic E-state index is -0.466. The first-order valence-corrected chi connectivity index (χ1v) is 10.3. The summed E-state index contributed by atoms with van der Waals surface area (Å²) in [6.07, 6.45) is 1.58. The van der Waals surface area contributed by atoms with Gasteiger partial charge in [-0.3, -0.25) is 9.69 Å². The fourth-order valence-electron chi connectivity index (χ4n) is 3.36. The van der Waals surface area contributed by atoms with Gasteiger partial charge in [0, 0.05) is 39.3 Å². The maximum Gasteiger partial charge on any atom is 0.410 e. The molecule has 156 valence electrons. The molecule has 1 aromatic carbocycles. The number of ether oxygens (including phenoxy) is 1. The van der Waals surface area contributed by atoms with Crippen LogP contribution in [0.15, 0.2) is 30.3 Å². The highest BCUT2D eigenvalue weighted by molar-refractivity contribution is 5.83. The Labute approximate surface area is 169 Å². The molecule has 0 radical (unpaired) electrons. The molecule has 1 atom stereocenters. The van der Waals surface area contributed by atoms with E-state index in [4.69, 9.17) is 4.74 Å². The molecule has 1 aliphatic rings. The molecule has 0 aromatic heterocycles. The van der Waals surface area contributed by atoms with Crippen molar-refractivity contribution in [2.24, 2.45) is 0 Å². The maximum atomic E-state index is 12.7. The summed E-state index contributed by atoms with van der Waals surface area (Å²) in [4.78, 5) is 28.8. The van der Waals surface area contributed by atoms with Gasteiger partial charge in [-0.05, 0) is 32.8 Å². The molecule has 2 amide bonds. The molecule has 2 rings (SSSR count). The Hall–Kier alpha value is -2.08. The highest BCUT2D eigenvalue weighted by Gasteiger charge is 2.26. The normalized spacial score (nSPS) is 16.5. The van der Waals surface area contributed by atoms with E-state index in [9.17, 15) is 9.59 Å². The van der Waals surface area contributed by atoms with Gasteiger partial charge in [0.25, 0.3) is 0 Å². The molecule has 28 heavy (non-hydrogen) atoms. The zero-order valence-corrected chi connectivity index (χ0v) is 17.7.